The first-order chi connectivity index (χ1) is 12.7. The van der Waals surface area contributed by atoms with Crippen LogP contribution >= 0.6 is 11.6 Å². The number of carbonyl (C=O) groups excluding carboxylic acids is 1. The van der Waals surface area contributed by atoms with Crippen LogP contribution in [-0.2, 0) is 10.0 Å². The van der Waals surface area contributed by atoms with Gasteiger partial charge in [0.05, 0.1) is 17.2 Å². The predicted octanol–water partition coefficient (Wildman–Crippen LogP) is 3.93. The van der Waals surface area contributed by atoms with E-state index in [0.717, 1.165) is 0 Å². The Hall–Kier alpha value is -2.09. The SMILES string of the molecule is CCOc1ccc(S(=O)(=O)NCC(C)C)cc1NC(=O)c1cccc(Cl)c1. The number of hydrogen-bond acceptors (Lipinski definition) is 4. The van der Waals surface area contributed by atoms with Gasteiger partial charge in [0.2, 0.25) is 10.0 Å². The zero-order valence-electron chi connectivity index (χ0n) is 15.5. The molecule has 0 aliphatic rings. The van der Waals surface area contributed by atoms with Crippen LogP contribution in [0, 0.1) is 5.92 Å². The van der Waals surface area contributed by atoms with E-state index in [4.69, 9.17) is 16.3 Å². The van der Waals surface area contributed by atoms with E-state index in [-0.39, 0.29) is 16.5 Å². The molecule has 0 radical (unpaired) electrons. The smallest absolute Gasteiger partial charge is 0.255 e. The van der Waals surface area contributed by atoms with Gasteiger partial charge in [-0.1, -0.05) is 31.5 Å². The van der Waals surface area contributed by atoms with E-state index in [9.17, 15) is 13.2 Å². The Balaban J connectivity index is 2.34. The van der Waals surface area contributed by atoms with Gasteiger partial charge in [0.1, 0.15) is 5.75 Å². The molecular formula is C19H23ClN2O4S. The fourth-order valence-corrected chi connectivity index (χ4v) is 3.67. The van der Waals surface area contributed by atoms with Crippen molar-refractivity contribution >= 4 is 33.2 Å². The van der Waals surface area contributed by atoms with Crippen molar-refractivity contribution in [3.8, 4) is 5.75 Å². The molecule has 2 rings (SSSR count). The molecule has 0 aliphatic heterocycles. The Morgan fingerprint density at radius 2 is 1.93 bits per heavy atom. The number of anilines is 1. The second kappa shape index (κ2) is 9.21. The van der Waals surface area contributed by atoms with Crippen molar-refractivity contribution < 1.29 is 17.9 Å². The third kappa shape index (κ3) is 5.95. The molecule has 8 heteroatoms. The first-order valence-electron chi connectivity index (χ1n) is 8.56. The Morgan fingerprint density at radius 3 is 2.56 bits per heavy atom. The van der Waals surface area contributed by atoms with Crippen LogP contribution in [0.4, 0.5) is 5.69 Å². The molecule has 0 aromatic heterocycles. The quantitative estimate of drug-likeness (QED) is 0.690. The summed E-state index contributed by atoms with van der Waals surface area (Å²) in [6, 6.07) is 10.8. The molecule has 1 amide bonds. The molecule has 0 aliphatic carbocycles. The summed E-state index contributed by atoms with van der Waals surface area (Å²) in [5.41, 5.74) is 0.630. The van der Waals surface area contributed by atoms with Crippen molar-refractivity contribution in [2.24, 2.45) is 5.92 Å². The summed E-state index contributed by atoms with van der Waals surface area (Å²) in [6.45, 7) is 6.32. The van der Waals surface area contributed by atoms with E-state index in [1.807, 2.05) is 13.8 Å². The molecular weight excluding hydrogens is 388 g/mol. The summed E-state index contributed by atoms with van der Waals surface area (Å²) in [6.07, 6.45) is 0. The maximum absolute atomic E-state index is 12.5. The highest BCUT2D eigenvalue weighted by atomic mass is 35.5. The van der Waals surface area contributed by atoms with Gasteiger partial charge in [-0.2, -0.15) is 0 Å². The molecule has 2 N–H and O–H groups in total. The van der Waals surface area contributed by atoms with Gasteiger partial charge >= 0.3 is 0 Å². The minimum Gasteiger partial charge on any atom is -0.492 e. The number of halogens is 1. The minimum absolute atomic E-state index is 0.0491. The first-order valence-corrected chi connectivity index (χ1v) is 10.4. The number of hydrogen-bond donors (Lipinski definition) is 2. The summed E-state index contributed by atoms with van der Waals surface area (Å²) in [7, 11) is -3.69. The molecule has 0 atom stereocenters. The van der Waals surface area contributed by atoms with E-state index in [1.165, 1.54) is 24.3 Å². The Morgan fingerprint density at radius 1 is 1.19 bits per heavy atom. The monoisotopic (exact) mass is 410 g/mol. The van der Waals surface area contributed by atoms with Crippen LogP contribution < -0.4 is 14.8 Å². The van der Waals surface area contributed by atoms with Gasteiger partial charge in [-0.05, 0) is 49.2 Å². The van der Waals surface area contributed by atoms with E-state index in [0.29, 0.717) is 29.5 Å². The average molecular weight is 411 g/mol. The molecule has 2 aromatic rings. The Labute approximate surface area is 164 Å². The van der Waals surface area contributed by atoms with Gasteiger partial charge < -0.3 is 10.1 Å². The highest BCUT2D eigenvalue weighted by Gasteiger charge is 2.18. The van der Waals surface area contributed by atoms with Crippen LogP contribution in [0.1, 0.15) is 31.1 Å². The molecule has 0 fully saturated rings. The second-order valence-electron chi connectivity index (χ2n) is 6.30. The highest BCUT2D eigenvalue weighted by Crippen LogP contribution is 2.28. The summed E-state index contributed by atoms with van der Waals surface area (Å²) in [5.74, 6) is 0.142. The van der Waals surface area contributed by atoms with Crippen molar-refractivity contribution in [3.63, 3.8) is 0 Å². The number of amides is 1. The average Bonchev–Trinajstić information content (AvgIpc) is 2.61. The number of nitrogens with one attached hydrogen (secondary N) is 2. The van der Waals surface area contributed by atoms with Crippen LogP contribution in [-0.4, -0.2) is 27.5 Å². The van der Waals surface area contributed by atoms with E-state index < -0.39 is 15.9 Å². The molecule has 0 unspecified atom stereocenters. The number of benzene rings is 2. The van der Waals surface area contributed by atoms with E-state index in [1.54, 1.807) is 25.1 Å². The molecule has 146 valence electrons. The largest absolute Gasteiger partial charge is 0.492 e. The Bertz CT molecular complexity index is 914. The second-order valence-corrected chi connectivity index (χ2v) is 8.50. The maximum Gasteiger partial charge on any atom is 0.255 e. The summed E-state index contributed by atoms with van der Waals surface area (Å²) < 4.78 is 33.0. The standard InChI is InChI=1S/C19H23ClN2O4S/c1-4-26-18-9-8-16(27(24,25)21-12-13(2)3)11-17(18)22-19(23)14-6-5-7-15(20)10-14/h5-11,13,21H,4,12H2,1-3H3,(H,22,23). The molecule has 0 saturated carbocycles. The lowest BCUT2D eigenvalue weighted by Crippen LogP contribution is -2.27. The van der Waals surface area contributed by atoms with Crippen LogP contribution in [0.5, 0.6) is 5.75 Å². The van der Waals surface area contributed by atoms with Crippen LogP contribution in [0.15, 0.2) is 47.4 Å². The maximum atomic E-state index is 12.5. The molecule has 6 nitrogen and oxygen atoms in total. The van der Waals surface area contributed by atoms with Gasteiger partial charge in [0.15, 0.2) is 0 Å². The van der Waals surface area contributed by atoms with Crippen LogP contribution in [0.2, 0.25) is 5.02 Å². The lowest BCUT2D eigenvalue weighted by molar-refractivity contribution is 0.102. The molecule has 0 spiro atoms. The van der Waals surface area contributed by atoms with Crippen molar-refractivity contribution in [1.82, 2.24) is 4.72 Å². The van der Waals surface area contributed by atoms with Crippen molar-refractivity contribution in [2.45, 2.75) is 25.7 Å². The van der Waals surface area contributed by atoms with E-state index in [2.05, 4.69) is 10.0 Å². The van der Waals surface area contributed by atoms with Gasteiger partial charge in [-0.3, -0.25) is 4.79 Å². The number of rotatable bonds is 8. The third-order valence-corrected chi connectivity index (χ3v) is 5.23. The number of ether oxygens (including phenoxy) is 1. The fourth-order valence-electron chi connectivity index (χ4n) is 2.24. The number of sulfonamides is 1. The summed E-state index contributed by atoms with van der Waals surface area (Å²) in [4.78, 5) is 12.6. The molecule has 2 aromatic carbocycles. The zero-order chi connectivity index (χ0) is 20.0. The van der Waals surface area contributed by atoms with Gasteiger partial charge in [-0.15, -0.1) is 0 Å². The van der Waals surface area contributed by atoms with Gasteiger partial charge in [0.25, 0.3) is 5.91 Å². The number of carbonyl (C=O) groups is 1. The molecule has 0 bridgehead atoms. The molecule has 0 heterocycles. The predicted molar refractivity (Wildman–Crippen MR) is 107 cm³/mol. The third-order valence-electron chi connectivity index (χ3n) is 3.58. The zero-order valence-corrected chi connectivity index (χ0v) is 17.0. The first kappa shape index (κ1) is 21.2. The summed E-state index contributed by atoms with van der Waals surface area (Å²) >= 11 is 5.93. The molecule has 27 heavy (non-hydrogen) atoms. The normalized spacial score (nSPS) is 11.4. The van der Waals surface area contributed by atoms with Crippen molar-refractivity contribution in [3.05, 3.63) is 53.1 Å². The van der Waals surface area contributed by atoms with Crippen molar-refractivity contribution in [1.29, 1.82) is 0 Å². The minimum atomic E-state index is -3.69. The van der Waals surface area contributed by atoms with E-state index >= 15 is 0 Å². The van der Waals surface area contributed by atoms with Crippen LogP contribution in [0.3, 0.4) is 0 Å². The Kier molecular flexibility index (Phi) is 7.24. The highest BCUT2D eigenvalue weighted by molar-refractivity contribution is 7.89. The topological polar surface area (TPSA) is 84.5 Å². The summed E-state index contributed by atoms with van der Waals surface area (Å²) in [5, 5.41) is 3.13. The fraction of sp³-hybridized carbons (Fsp3) is 0.316. The van der Waals surface area contributed by atoms with Gasteiger partial charge in [-0.25, -0.2) is 13.1 Å². The van der Waals surface area contributed by atoms with Crippen LogP contribution in [0.25, 0.3) is 0 Å². The van der Waals surface area contributed by atoms with Gasteiger partial charge in [0, 0.05) is 17.1 Å². The molecule has 0 saturated heterocycles. The lowest BCUT2D eigenvalue weighted by atomic mass is 10.2. The lowest BCUT2D eigenvalue weighted by Gasteiger charge is -2.14. The van der Waals surface area contributed by atoms with Crippen molar-refractivity contribution in [2.75, 3.05) is 18.5 Å².